The average molecular weight is 352 g/mol. The van der Waals surface area contributed by atoms with Gasteiger partial charge in [-0.3, -0.25) is 5.10 Å². The molecule has 0 aliphatic heterocycles. The fourth-order valence-corrected chi connectivity index (χ4v) is 2.73. The van der Waals surface area contributed by atoms with Crippen LogP contribution in [0.15, 0.2) is 35.0 Å². The van der Waals surface area contributed by atoms with Gasteiger partial charge in [-0.25, -0.2) is 0 Å². The Morgan fingerprint density at radius 1 is 1.22 bits per heavy atom. The summed E-state index contributed by atoms with van der Waals surface area (Å²) >= 11 is 5.93. The Labute approximate surface area is 143 Å². The monoisotopic (exact) mass is 351 g/mol. The third-order valence-corrected chi connectivity index (χ3v) is 4.37. The van der Waals surface area contributed by atoms with Gasteiger partial charge in [-0.15, -0.1) is 12.4 Å². The number of nitrogens with zero attached hydrogens (tertiary/aromatic N) is 3. The SMILES string of the molecule is Cl.NC1(c2noc(-c3cn[nH]c3-c3ccc(Cl)cc3)n2)CCC1. The molecule has 2 aromatic heterocycles. The lowest BCUT2D eigenvalue weighted by molar-refractivity contribution is 0.229. The molecule has 1 saturated carbocycles. The average Bonchev–Trinajstić information content (AvgIpc) is 3.14. The molecule has 0 bridgehead atoms. The predicted octanol–water partition coefficient (Wildman–Crippen LogP) is 3.54. The van der Waals surface area contributed by atoms with Gasteiger partial charge in [0.2, 0.25) is 0 Å². The Bertz CT molecular complexity index is 807. The van der Waals surface area contributed by atoms with Crippen molar-refractivity contribution in [2.75, 3.05) is 0 Å². The second kappa shape index (κ2) is 5.96. The maximum absolute atomic E-state index is 6.23. The largest absolute Gasteiger partial charge is 0.334 e. The maximum atomic E-state index is 6.23. The molecule has 23 heavy (non-hydrogen) atoms. The zero-order valence-electron chi connectivity index (χ0n) is 12.1. The molecule has 0 radical (unpaired) electrons. The quantitative estimate of drug-likeness (QED) is 0.752. The Morgan fingerprint density at radius 2 is 1.96 bits per heavy atom. The van der Waals surface area contributed by atoms with Crippen LogP contribution in [0.2, 0.25) is 5.02 Å². The van der Waals surface area contributed by atoms with Crippen LogP contribution in [0.5, 0.6) is 0 Å². The first kappa shape index (κ1) is 16.0. The van der Waals surface area contributed by atoms with Gasteiger partial charge < -0.3 is 10.3 Å². The molecule has 3 aromatic rings. The minimum Gasteiger partial charge on any atom is -0.334 e. The van der Waals surface area contributed by atoms with Crippen LogP contribution in [0.1, 0.15) is 25.1 Å². The Hall–Kier alpha value is -1.89. The molecular formula is C15H15Cl2N5O. The van der Waals surface area contributed by atoms with Gasteiger partial charge in [0.05, 0.1) is 23.0 Å². The summed E-state index contributed by atoms with van der Waals surface area (Å²) in [5.74, 6) is 0.988. The summed E-state index contributed by atoms with van der Waals surface area (Å²) in [5.41, 5.74) is 8.31. The summed E-state index contributed by atoms with van der Waals surface area (Å²) in [6.45, 7) is 0. The standard InChI is InChI=1S/C15H14ClN5O.ClH/c16-10-4-2-9(3-5-10)12-11(8-18-20-12)13-19-14(21-22-13)15(17)6-1-7-15;/h2-5,8H,1,6-7,17H2,(H,18,20);1H. The predicted molar refractivity (Wildman–Crippen MR) is 89.3 cm³/mol. The molecule has 3 N–H and O–H groups in total. The van der Waals surface area contributed by atoms with Crippen LogP contribution in [-0.2, 0) is 5.54 Å². The van der Waals surface area contributed by atoms with Crippen LogP contribution in [0.3, 0.4) is 0 Å². The highest BCUT2D eigenvalue weighted by molar-refractivity contribution is 6.30. The van der Waals surface area contributed by atoms with E-state index < -0.39 is 5.54 Å². The van der Waals surface area contributed by atoms with Crippen molar-refractivity contribution in [2.24, 2.45) is 5.73 Å². The van der Waals surface area contributed by atoms with Crippen molar-refractivity contribution in [3.63, 3.8) is 0 Å². The lowest BCUT2D eigenvalue weighted by Gasteiger charge is -2.34. The van der Waals surface area contributed by atoms with Crippen molar-refractivity contribution in [2.45, 2.75) is 24.8 Å². The van der Waals surface area contributed by atoms with Gasteiger partial charge in [-0.05, 0) is 31.4 Å². The minimum atomic E-state index is -0.439. The highest BCUT2D eigenvalue weighted by Gasteiger charge is 2.39. The number of nitrogens with one attached hydrogen (secondary N) is 1. The summed E-state index contributed by atoms with van der Waals surface area (Å²) in [6.07, 6.45) is 4.55. The lowest BCUT2D eigenvalue weighted by atomic mass is 9.77. The fraction of sp³-hybridized carbons (Fsp3) is 0.267. The van der Waals surface area contributed by atoms with Crippen LogP contribution in [-0.4, -0.2) is 20.3 Å². The van der Waals surface area contributed by atoms with Crippen molar-refractivity contribution in [1.29, 1.82) is 0 Å². The van der Waals surface area contributed by atoms with E-state index in [0.29, 0.717) is 16.7 Å². The summed E-state index contributed by atoms with van der Waals surface area (Å²) < 4.78 is 5.39. The zero-order valence-corrected chi connectivity index (χ0v) is 13.7. The lowest BCUT2D eigenvalue weighted by Crippen LogP contribution is -2.44. The van der Waals surface area contributed by atoms with E-state index in [0.717, 1.165) is 36.1 Å². The van der Waals surface area contributed by atoms with E-state index in [1.165, 1.54) is 0 Å². The van der Waals surface area contributed by atoms with Crippen molar-refractivity contribution in [3.05, 3.63) is 41.3 Å². The number of aromatic nitrogens is 4. The molecule has 1 aromatic carbocycles. The van der Waals surface area contributed by atoms with Gasteiger partial charge in [0.25, 0.3) is 5.89 Å². The first-order chi connectivity index (χ1) is 10.7. The molecule has 6 nitrogen and oxygen atoms in total. The molecule has 4 rings (SSSR count). The Balaban J connectivity index is 0.00000156. The second-order valence-electron chi connectivity index (χ2n) is 5.60. The molecule has 0 saturated heterocycles. The molecule has 120 valence electrons. The number of aromatic amines is 1. The van der Waals surface area contributed by atoms with E-state index in [-0.39, 0.29) is 12.4 Å². The fourth-order valence-electron chi connectivity index (χ4n) is 2.60. The molecule has 1 aliphatic carbocycles. The van der Waals surface area contributed by atoms with Gasteiger partial charge in [0.1, 0.15) is 0 Å². The molecule has 1 fully saturated rings. The smallest absolute Gasteiger partial charge is 0.261 e. The van der Waals surface area contributed by atoms with Crippen molar-refractivity contribution in [1.82, 2.24) is 20.3 Å². The van der Waals surface area contributed by atoms with Crippen LogP contribution in [0, 0.1) is 0 Å². The van der Waals surface area contributed by atoms with Crippen LogP contribution in [0.25, 0.3) is 22.7 Å². The number of hydrogen-bond donors (Lipinski definition) is 2. The third kappa shape index (κ3) is 2.73. The third-order valence-electron chi connectivity index (χ3n) is 4.12. The van der Waals surface area contributed by atoms with Crippen molar-refractivity contribution in [3.8, 4) is 22.7 Å². The van der Waals surface area contributed by atoms with Gasteiger partial charge >= 0.3 is 0 Å². The molecule has 0 spiro atoms. The maximum Gasteiger partial charge on any atom is 0.261 e. The van der Waals surface area contributed by atoms with Crippen LogP contribution < -0.4 is 5.73 Å². The summed E-state index contributed by atoms with van der Waals surface area (Å²) in [4.78, 5) is 4.46. The summed E-state index contributed by atoms with van der Waals surface area (Å²) in [6, 6.07) is 7.47. The van der Waals surface area contributed by atoms with E-state index >= 15 is 0 Å². The zero-order chi connectivity index (χ0) is 15.2. The molecule has 0 atom stereocenters. The van der Waals surface area contributed by atoms with E-state index in [1.807, 2.05) is 24.3 Å². The van der Waals surface area contributed by atoms with Crippen molar-refractivity contribution < 1.29 is 4.52 Å². The van der Waals surface area contributed by atoms with Crippen molar-refractivity contribution >= 4 is 24.0 Å². The molecule has 8 heteroatoms. The topological polar surface area (TPSA) is 93.6 Å². The van der Waals surface area contributed by atoms with Crippen LogP contribution >= 0.6 is 24.0 Å². The van der Waals surface area contributed by atoms with E-state index in [1.54, 1.807) is 6.20 Å². The molecule has 0 unspecified atom stereocenters. The summed E-state index contributed by atoms with van der Waals surface area (Å²) in [7, 11) is 0. The number of nitrogens with two attached hydrogens (primary N) is 1. The van der Waals surface area contributed by atoms with E-state index in [2.05, 4.69) is 20.3 Å². The Morgan fingerprint density at radius 3 is 2.61 bits per heavy atom. The number of hydrogen-bond acceptors (Lipinski definition) is 5. The highest BCUT2D eigenvalue weighted by atomic mass is 35.5. The number of H-pyrrole nitrogens is 1. The van der Waals surface area contributed by atoms with Crippen LogP contribution in [0.4, 0.5) is 0 Å². The first-order valence-electron chi connectivity index (χ1n) is 7.08. The molecule has 1 aliphatic rings. The van der Waals surface area contributed by atoms with E-state index in [4.69, 9.17) is 21.9 Å². The summed E-state index contributed by atoms with van der Waals surface area (Å²) in [5, 5.41) is 11.8. The molecule has 0 amide bonds. The van der Waals surface area contributed by atoms with Gasteiger partial charge in [-0.2, -0.15) is 10.1 Å². The van der Waals surface area contributed by atoms with Gasteiger partial charge in [-0.1, -0.05) is 28.9 Å². The number of benzene rings is 1. The second-order valence-corrected chi connectivity index (χ2v) is 6.03. The normalized spacial score (nSPS) is 15.7. The minimum absolute atomic E-state index is 0. The number of rotatable bonds is 3. The molecular weight excluding hydrogens is 337 g/mol. The highest BCUT2D eigenvalue weighted by Crippen LogP contribution is 2.38. The Kier molecular flexibility index (Phi) is 4.14. The molecule has 2 heterocycles. The first-order valence-corrected chi connectivity index (χ1v) is 7.46. The number of halogens is 2. The van der Waals surface area contributed by atoms with Gasteiger partial charge in [0, 0.05) is 10.6 Å². The van der Waals surface area contributed by atoms with E-state index in [9.17, 15) is 0 Å². The van der Waals surface area contributed by atoms with Gasteiger partial charge in [0.15, 0.2) is 5.82 Å².